The van der Waals surface area contributed by atoms with Crippen LogP contribution in [0.5, 0.6) is 11.5 Å². The number of carbonyl (C=O) groups excluding carboxylic acids is 1. The molecule has 28 heavy (non-hydrogen) atoms. The van der Waals surface area contributed by atoms with Gasteiger partial charge in [-0.2, -0.15) is 0 Å². The summed E-state index contributed by atoms with van der Waals surface area (Å²) in [5.74, 6) is 0.0451. The smallest absolute Gasteiger partial charge is 0.344 e. The van der Waals surface area contributed by atoms with E-state index in [0.29, 0.717) is 10.8 Å². The number of esters is 1. The summed E-state index contributed by atoms with van der Waals surface area (Å²) < 4.78 is 21.1. The van der Waals surface area contributed by atoms with Crippen LogP contribution in [0.4, 0.5) is 0 Å². The van der Waals surface area contributed by atoms with Crippen molar-refractivity contribution < 1.29 is 23.4 Å². The first-order chi connectivity index (χ1) is 13.6. The third-order valence-corrected chi connectivity index (χ3v) is 3.96. The van der Waals surface area contributed by atoms with Gasteiger partial charge in [0.15, 0.2) is 6.61 Å². The highest BCUT2D eigenvalue weighted by atomic mass is 35.5. The van der Waals surface area contributed by atoms with E-state index in [0.717, 1.165) is 5.56 Å². The van der Waals surface area contributed by atoms with Gasteiger partial charge in [-0.3, -0.25) is 4.79 Å². The van der Waals surface area contributed by atoms with Crippen molar-refractivity contribution in [3.05, 3.63) is 93.5 Å². The number of rotatable bonds is 8. The first-order valence-corrected chi connectivity index (χ1v) is 8.81. The zero-order chi connectivity index (χ0) is 19.8. The Balaban J connectivity index is 1.48. The molecule has 2 aromatic carbocycles. The molecule has 1 aromatic heterocycles. The molecule has 0 atom stereocenters. The average molecular weight is 401 g/mol. The summed E-state index contributed by atoms with van der Waals surface area (Å²) in [6, 6.07) is 17.4. The van der Waals surface area contributed by atoms with Gasteiger partial charge in [-0.25, -0.2) is 4.79 Å². The van der Waals surface area contributed by atoms with Crippen LogP contribution in [0.1, 0.15) is 11.3 Å². The van der Waals surface area contributed by atoms with E-state index < -0.39 is 5.97 Å². The highest BCUT2D eigenvalue weighted by molar-refractivity contribution is 6.32. The summed E-state index contributed by atoms with van der Waals surface area (Å²) in [5, 5.41) is 0.396. The van der Waals surface area contributed by atoms with Gasteiger partial charge in [0.1, 0.15) is 31.0 Å². The Kier molecular flexibility index (Phi) is 6.70. The number of carbonyl (C=O) groups is 1. The minimum Gasteiger partial charge on any atom is -0.482 e. The minimum absolute atomic E-state index is 0.0842. The molecule has 0 amide bonds. The van der Waals surface area contributed by atoms with Gasteiger partial charge >= 0.3 is 5.97 Å². The van der Waals surface area contributed by atoms with Gasteiger partial charge in [0.25, 0.3) is 0 Å². The number of halogens is 1. The van der Waals surface area contributed by atoms with Crippen molar-refractivity contribution in [1.29, 1.82) is 0 Å². The highest BCUT2D eigenvalue weighted by Gasteiger charge is 2.10. The van der Waals surface area contributed by atoms with Gasteiger partial charge in [0.05, 0.1) is 5.02 Å². The molecule has 144 valence electrons. The molecule has 0 saturated heterocycles. The maximum Gasteiger partial charge on any atom is 0.344 e. The highest BCUT2D eigenvalue weighted by Crippen LogP contribution is 2.22. The van der Waals surface area contributed by atoms with E-state index in [1.54, 1.807) is 24.3 Å². The van der Waals surface area contributed by atoms with Gasteiger partial charge in [-0.1, -0.05) is 54.1 Å². The number of hydrogen-bond acceptors (Lipinski definition) is 6. The summed E-state index contributed by atoms with van der Waals surface area (Å²) >= 11 is 5.94. The molecular weight excluding hydrogens is 384 g/mol. The van der Waals surface area contributed by atoms with Crippen molar-refractivity contribution in [2.75, 3.05) is 6.61 Å². The van der Waals surface area contributed by atoms with Gasteiger partial charge < -0.3 is 18.6 Å². The predicted molar refractivity (Wildman–Crippen MR) is 102 cm³/mol. The molecule has 0 aliphatic heterocycles. The Morgan fingerprint density at radius 2 is 1.68 bits per heavy atom. The Hall–Kier alpha value is -3.25. The second-order valence-electron chi connectivity index (χ2n) is 5.73. The normalized spacial score (nSPS) is 10.3. The van der Waals surface area contributed by atoms with Crippen molar-refractivity contribution in [2.45, 2.75) is 13.2 Å². The Morgan fingerprint density at radius 3 is 2.43 bits per heavy atom. The van der Waals surface area contributed by atoms with Crippen LogP contribution >= 0.6 is 11.6 Å². The van der Waals surface area contributed by atoms with E-state index in [2.05, 4.69) is 0 Å². The third kappa shape index (κ3) is 5.62. The summed E-state index contributed by atoms with van der Waals surface area (Å²) in [5.41, 5.74) is 0.568. The zero-order valence-corrected chi connectivity index (χ0v) is 15.6. The molecule has 0 aliphatic carbocycles. The van der Waals surface area contributed by atoms with Crippen LogP contribution in [-0.2, 0) is 22.7 Å². The van der Waals surface area contributed by atoms with Crippen molar-refractivity contribution >= 4 is 17.6 Å². The summed E-state index contributed by atoms with van der Waals surface area (Å²) in [4.78, 5) is 23.9. The molecule has 7 heteroatoms. The number of ether oxygens (including phenoxy) is 3. The van der Waals surface area contributed by atoms with Crippen LogP contribution in [0.2, 0.25) is 5.02 Å². The van der Waals surface area contributed by atoms with E-state index in [1.165, 1.54) is 12.3 Å². The predicted octanol–water partition coefficient (Wildman–Crippen LogP) is 3.99. The first kappa shape index (κ1) is 19.5. The molecule has 3 aromatic rings. The SMILES string of the molecule is O=C(COc1ccccc1Cl)OCc1cc(=O)c(OCc2ccccc2)co1. The molecule has 0 unspecified atom stereocenters. The van der Waals surface area contributed by atoms with Gasteiger partial charge in [0, 0.05) is 6.07 Å². The Bertz CT molecular complexity index is 983. The van der Waals surface area contributed by atoms with Gasteiger partial charge in [0.2, 0.25) is 11.2 Å². The largest absolute Gasteiger partial charge is 0.482 e. The summed E-state index contributed by atoms with van der Waals surface area (Å²) in [6.07, 6.45) is 1.20. The van der Waals surface area contributed by atoms with Crippen molar-refractivity contribution in [3.8, 4) is 11.5 Å². The molecule has 0 spiro atoms. The van der Waals surface area contributed by atoms with Crippen molar-refractivity contribution in [2.24, 2.45) is 0 Å². The fourth-order valence-corrected chi connectivity index (χ4v) is 2.44. The molecule has 6 nitrogen and oxygen atoms in total. The quantitative estimate of drug-likeness (QED) is 0.532. The molecule has 0 aliphatic rings. The molecule has 0 fully saturated rings. The lowest BCUT2D eigenvalue weighted by Gasteiger charge is -2.08. The minimum atomic E-state index is -0.619. The third-order valence-electron chi connectivity index (χ3n) is 3.65. The second-order valence-corrected chi connectivity index (χ2v) is 6.14. The van der Waals surface area contributed by atoms with Crippen LogP contribution in [-0.4, -0.2) is 12.6 Å². The van der Waals surface area contributed by atoms with Crippen LogP contribution in [0, 0.1) is 0 Å². The van der Waals surface area contributed by atoms with Crippen LogP contribution in [0.3, 0.4) is 0 Å². The standard InChI is InChI=1S/C21H17ClO6/c22-17-8-4-5-9-19(17)27-14-21(24)28-12-16-10-18(23)20(13-25-16)26-11-15-6-2-1-3-7-15/h1-10,13H,11-12,14H2. The zero-order valence-electron chi connectivity index (χ0n) is 14.8. The monoisotopic (exact) mass is 400 g/mol. The fraction of sp³-hybridized carbons (Fsp3) is 0.143. The molecule has 3 rings (SSSR count). The number of hydrogen-bond donors (Lipinski definition) is 0. The van der Waals surface area contributed by atoms with Crippen molar-refractivity contribution in [3.63, 3.8) is 0 Å². The van der Waals surface area contributed by atoms with Crippen LogP contribution in [0.15, 0.2) is 76.1 Å². The van der Waals surface area contributed by atoms with E-state index >= 15 is 0 Å². The summed E-state index contributed by atoms with van der Waals surface area (Å²) in [7, 11) is 0. The van der Waals surface area contributed by atoms with E-state index in [1.807, 2.05) is 30.3 Å². The molecule has 0 saturated carbocycles. The molecule has 0 N–H and O–H groups in total. The van der Waals surface area contributed by atoms with Crippen LogP contribution < -0.4 is 14.9 Å². The van der Waals surface area contributed by atoms with Crippen molar-refractivity contribution in [1.82, 2.24) is 0 Å². The van der Waals surface area contributed by atoms with E-state index in [-0.39, 0.29) is 36.8 Å². The number of benzene rings is 2. The Labute approximate surface area is 166 Å². The molecule has 0 bridgehead atoms. The van der Waals surface area contributed by atoms with Gasteiger partial charge in [-0.15, -0.1) is 0 Å². The maximum absolute atomic E-state index is 12.1. The second kappa shape index (κ2) is 9.62. The topological polar surface area (TPSA) is 75.0 Å². The van der Waals surface area contributed by atoms with E-state index in [4.69, 9.17) is 30.2 Å². The first-order valence-electron chi connectivity index (χ1n) is 8.43. The maximum atomic E-state index is 12.1. The molecular formula is C21H17ClO6. The van der Waals surface area contributed by atoms with Crippen LogP contribution in [0.25, 0.3) is 0 Å². The number of para-hydroxylation sites is 1. The molecule has 1 heterocycles. The fourth-order valence-electron chi connectivity index (χ4n) is 2.25. The summed E-state index contributed by atoms with van der Waals surface area (Å²) in [6.45, 7) is -0.259. The molecule has 0 radical (unpaired) electrons. The lowest BCUT2D eigenvalue weighted by molar-refractivity contribution is -0.147. The van der Waals surface area contributed by atoms with E-state index in [9.17, 15) is 9.59 Å². The lowest BCUT2D eigenvalue weighted by atomic mass is 10.2. The average Bonchev–Trinajstić information content (AvgIpc) is 2.71. The van der Waals surface area contributed by atoms with Gasteiger partial charge in [-0.05, 0) is 17.7 Å². The Morgan fingerprint density at radius 1 is 0.929 bits per heavy atom. The lowest BCUT2D eigenvalue weighted by Crippen LogP contribution is -2.15.